The molecule has 1 amide bonds. The van der Waals surface area contributed by atoms with Gasteiger partial charge in [-0.05, 0) is 35.4 Å². The van der Waals surface area contributed by atoms with Crippen molar-refractivity contribution >= 4 is 5.91 Å². The Bertz CT molecular complexity index is 909. The highest BCUT2D eigenvalue weighted by Gasteiger charge is 2.22. The van der Waals surface area contributed by atoms with E-state index in [4.69, 9.17) is 5.21 Å². The van der Waals surface area contributed by atoms with E-state index in [1.54, 1.807) is 5.48 Å². The van der Waals surface area contributed by atoms with Crippen molar-refractivity contribution in [3.05, 3.63) is 107 Å². The maximum absolute atomic E-state index is 12.2. The van der Waals surface area contributed by atoms with E-state index in [1.807, 2.05) is 84.9 Å². The Morgan fingerprint density at radius 2 is 1.32 bits per heavy atom. The lowest BCUT2D eigenvalue weighted by Gasteiger charge is -2.16. The molecule has 0 aliphatic carbocycles. The Kier molecular flexibility index (Phi) is 5.26. The van der Waals surface area contributed by atoms with Crippen LogP contribution in [0.4, 0.5) is 0 Å². The molecule has 122 valence electrons. The minimum absolute atomic E-state index is 0.473. The number of amides is 1. The average molecular weight is 327 g/mol. The molecule has 0 radical (unpaired) electrons. The van der Waals surface area contributed by atoms with Crippen LogP contribution in [0.25, 0.3) is 0 Å². The van der Waals surface area contributed by atoms with Gasteiger partial charge in [0.15, 0.2) is 0 Å². The standard InChI is InChI=1S/C22H17NO2/c24-22(23-25)21(19-11-5-2-6-12-19)20-13-7-10-18(16-20)15-14-17-8-3-1-4-9-17/h1-13,16,21,25H,(H,23,24). The van der Waals surface area contributed by atoms with Crippen LogP contribution in [0, 0.1) is 11.8 Å². The topological polar surface area (TPSA) is 49.3 Å². The van der Waals surface area contributed by atoms with Gasteiger partial charge >= 0.3 is 0 Å². The first-order valence-electron chi connectivity index (χ1n) is 7.94. The first-order valence-corrected chi connectivity index (χ1v) is 7.94. The van der Waals surface area contributed by atoms with Crippen molar-refractivity contribution < 1.29 is 10.0 Å². The number of benzene rings is 3. The molecular formula is C22H17NO2. The number of hydrogen-bond donors (Lipinski definition) is 2. The van der Waals surface area contributed by atoms with Crippen molar-refractivity contribution in [2.45, 2.75) is 5.92 Å². The minimum Gasteiger partial charge on any atom is -0.289 e. The van der Waals surface area contributed by atoms with E-state index in [0.717, 1.165) is 22.3 Å². The second kappa shape index (κ2) is 7.96. The molecule has 0 saturated carbocycles. The van der Waals surface area contributed by atoms with E-state index >= 15 is 0 Å². The van der Waals surface area contributed by atoms with Crippen LogP contribution in [0.1, 0.15) is 28.2 Å². The summed E-state index contributed by atoms with van der Waals surface area (Å²) in [5, 5.41) is 9.12. The zero-order chi connectivity index (χ0) is 17.5. The number of carbonyl (C=O) groups excluding carboxylic acids is 1. The molecule has 3 heteroatoms. The molecule has 3 aromatic rings. The third-order valence-corrected chi connectivity index (χ3v) is 3.85. The second-order valence-corrected chi connectivity index (χ2v) is 5.56. The summed E-state index contributed by atoms with van der Waals surface area (Å²) >= 11 is 0. The van der Waals surface area contributed by atoms with Gasteiger partial charge in [0, 0.05) is 11.1 Å². The third-order valence-electron chi connectivity index (χ3n) is 3.85. The molecule has 0 fully saturated rings. The molecule has 0 saturated heterocycles. The highest BCUT2D eigenvalue weighted by molar-refractivity contribution is 5.86. The van der Waals surface area contributed by atoms with Gasteiger partial charge in [0.05, 0.1) is 5.92 Å². The largest absolute Gasteiger partial charge is 0.289 e. The van der Waals surface area contributed by atoms with Gasteiger partial charge in [-0.15, -0.1) is 0 Å². The van der Waals surface area contributed by atoms with Crippen molar-refractivity contribution in [3.63, 3.8) is 0 Å². The summed E-state index contributed by atoms with van der Waals surface area (Å²) in [6.07, 6.45) is 0. The number of nitrogens with one attached hydrogen (secondary N) is 1. The first kappa shape index (κ1) is 16.5. The number of hydrogen-bond acceptors (Lipinski definition) is 2. The average Bonchev–Trinajstić information content (AvgIpc) is 2.68. The van der Waals surface area contributed by atoms with E-state index < -0.39 is 11.8 Å². The first-order chi connectivity index (χ1) is 12.3. The van der Waals surface area contributed by atoms with Crippen LogP contribution < -0.4 is 5.48 Å². The molecule has 1 unspecified atom stereocenters. The van der Waals surface area contributed by atoms with Crippen LogP contribution in [-0.4, -0.2) is 11.1 Å². The van der Waals surface area contributed by atoms with Gasteiger partial charge in [0.1, 0.15) is 0 Å². The highest BCUT2D eigenvalue weighted by atomic mass is 16.5. The monoisotopic (exact) mass is 327 g/mol. The van der Waals surface area contributed by atoms with Crippen LogP contribution in [-0.2, 0) is 4.79 Å². The summed E-state index contributed by atoms with van der Waals surface area (Å²) in [6.45, 7) is 0. The molecule has 0 aliphatic heterocycles. The summed E-state index contributed by atoms with van der Waals surface area (Å²) in [5.41, 5.74) is 5.09. The third kappa shape index (κ3) is 4.14. The summed E-state index contributed by atoms with van der Waals surface area (Å²) < 4.78 is 0. The van der Waals surface area contributed by atoms with Crippen molar-refractivity contribution in [2.24, 2.45) is 0 Å². The normalized spacial score (nSPS) is 11.1. The molecule has 3 rings (SSSR count). The molecular weight excluding hydrogens is 310 g/mol. The van der Waals surface area contributed by atoms with Crippen molar-refractivity contribution in [1.29, 1.82) is 0 Å². The lowest BCUT2D eigenvalue weighted by molar-refractivity contribution is -0.129. The van der Waals surface area contributed by atoms with Gasteiger partial charge in [0.2, 0.25) is 0 Å². The van der Waals surface area contributed by atoms with Gasteiger partial charge in [0.25, 0.3) is 5.91 Å². The van der Waals surface area contributed by atoms with Gasteiger partial charge in [-0.2, -0.15) is 0 Å². The molecule has 0 aliphatic rings. The molecule has 1 atom stereocenters. The molecule has 0 aromatic heterocycles. The van der Waals surface area contributed by atoms with Crippen LogP contribution in [0.2, 0.25) is 0 Å². The van der Waals surface area contributed by atoms with E-state index in [0.29, 0.717) is 0 Å². The van der Waals surface area contributed by atoms with Crippen LogP contribution >= 0.6 is 0 Å². The van der Waals surface area contributed by atoms with Crippen LogP contribution in [0.15, 0.2) is 84.9 Å². The number of carbonyl (C=O) groups is 1. The van der Waals surface area contributed by atoms with Crippen molar-refractivity contribution in [1.82, 2.24) is 5.48 Å². The second-order valence-electron chi connectivity index (χ2n) is 5.56. The summed E-state index contributed by atoms with van der Waals surface area (Å²) in [6, 6.07) is 26.6. The molecule has 0 heterocycles. The summed E-state index contributed by atoms with van der Waals surface area (Å²) in [7, 11) is 0. The molecule has 25 heavy (non-hydrogen) atoms. The molecule has 2 N–H and O–H groups in total. The fraction of sp³-hybridized carbons (Fsp3) is 0.0455. The smallest absolute Gasteiger partial charge is 0.255 e. The zero-order valence-electron chi connectivity index (χ0n) is 13.5. The van der Waals surface area contributed by atoms with E-state index in [2.05, 4.69) is 11.8 Å². The SMILES string of the molecule is O=C(NO)C(c1ccccc1)c1cccc(C#Cc2ccccc2)c1. The summed E-state index contributed by atoms with van der Waals surface area (Å²) in [4.78, 5) is 12.2. The molecule has 0 bridgehead atoms. The predicted octanol–water partition coefficient (Wildman–Crippen LogP) is 3.72. The zero-order valence-corrected chi connectivity index (χ0v) is 13.5. The highest BCUT2D eigenvalue weighted by Crippen LogP contribution is 2.25. The van der Waals surface area contributed by atoms with Gasteiger partial charge in [-0.3, -0.25) is 10.0 Å². The van der Waals surface area contributed by atoms with Crippen molar-refractivity contribution in [2.75, 3.05) is 0 Å². The number of rotatable bonds is 3. The van der Waals surface area contributed by atoms with Gasteiger partial charge < -0.3 is 0 Å². The Morgan fingerprint density at radius 1 is 0.760 bits per heavy atom. The summed E-state index contributed by atoms with van der Waals surface area (Å²) in [5.74, 6) is 5.16. The lowest BCUT2D eigenvalue weighted by Crippen LogP contribution is -2.27. The molecule has 0 spiro atoms. The Morgan fingerprint density at radius 3 is 2.00 bits per heavy atom. The lowest BCUT2D eigenvalue weighted by atomic mass is 9.90. The molecule has 3 nitrogen and oxygen atoms in total. The maximum atomic E-state index is 12.2. The van der Waals surface area contributed by atoms with E-state index in [-0.39, 0.29) is 0 Å². The predicted molar refractivity (Wildman–Crippen MR) is 97.1 cm³/mol. The van der Waals surface area contributed by atoms with E-state index in [9.17, 15) is 4.79 Å². The van der Waals surface area contributed by atoms with Crippen molar-refractivity contribution in [3.8, 4) is 11.8 Å². The van der Waals surface area contributed by atoms with E-state index in [1.165, 1.54) is 0 Å². The maximum Gasteiger partial charge on any atom is 0.255 e. The van der Waals surface area contributed by atoms with Gasteiger partial charge in [-0.1, -0.05) is 72.5 Å². The fourth-order valence-electron chi connectivity index (χ4n) is 2.67. The molecule has 3 aromatic carbocycles. The minimum atomic E-state index is -0.593. The Balaban J connectivity index is 1.96. The van der Waals surface area contributed by atoms with Crippen LogP contribution in [0.3, 0.4) is 0 Å². The fourth-order valence-corrected chi connectivity index (χ4v) is 2.67. The van der Waals surface area contributed by atoms with Gasteiger partial charge in [-0.25, -0.2) is 5.48 Å². The number of hydroxylamine groups is 1. The Labute approximate surface area is 146 Å². The quantitative estimate of drug-likeness (QED) is 0.437. The Hall–Kier alpha value is -3.35. The van der Waals surface area contributed by atoms with Crippen LogP contribution in [0.5, 0.6) is 0 Å².